The second-order valence-corrected chi connectivity index (χ2v) is 4.55. The van der Waals surface area contributed by atoms with Crippen molar-refractivity contribution >= 4 is 17.3 Å². The lowest BCUT2D eigenvalue weighted by Crippen LogP contribution is -2.08. The van der Waals surface area contributed by atoms with Crippen molar-refractivity contribution < 1.29 is 13.2 Å². The van der Waals surface area contributed by atoms with Crippen LogP contribution in [0.25, 0.3) is 0 Å². The Kier molecular flexibility index (Phi) is 4.00. The Hall–Kier alpha value is -1.68. The summed E-state index contributed by atoms with van der Waals surface area (Å²) in [4.78, 5) is 0. The minimum atomic E-state index is -0.942. The monoisotopic (exact) mass is 285 g/mol. The van der Waals surface area contributed by atoms with Crippen molar-refractivity contribution in [2.75, 3.05) is 5.32 Å². The van der Waals surface area contributed by atoms with Crippen LogP contribution in [0, 0.1) is 17.5 Å². The minimum Gasteiger partial charge on any atom is -0.376 e. The highest BCUT2D eigenvalue weighted by Crippen LogP contribution is 2.25. The van der Waals surface area contributed by atoms with Crippen LogP contribution in [0.1, 0.15) is 18.5 Å². The number of anilines is 1. The molecule has 2 aromatic rings. The molecule has 0 fully saturated rings. The molecule has 19 heavy (non-hydrogen) atoms. The molecular formula is C14H11ClF3N. The molecule has 100 valence electrons. The zero-order valence-corrected chi connectivity index (χ0v) is 10.8. The molecule has 2 rings (SSSR count). The Balaban J connectivity index is 2.23. The van der Waals surface area contributed by atoms with E-state index in [9.17, 15) is 13.2 Å². The maximum absolute atomic E-state index is 13.5. The Bertz CT molecular complexity index is 601. The van der Waals surface area contributed by atoms with Crippen molar-refractivity contribution in [2.45, 2.75) is 13.0 Å². The predicted molar refractivity (Wildman–Crippen MR) is 69.8 cm³/mol. The van der Waals surface area contributed by atoms with E-state index in [1.54, 1.807) is 6.92 Å². The second-order valence-electron chi connectivity index (χ2n) is 4.14. The van der Waals surface area contributed by atoms with E-state index in [0.717, 1.165) is 6.07 Å². The van der Waals surface area contributed by atoms with E-state index in [1.165, 1.54) is 30.3 Å². The summed E-state index contributed by atoms with van der Waals surface area (Å²) in [6, 6.07) is 7.76. The standard InChI is InChI=1S/C14H11ClF3N/c1-8(9-5-6-11(16)10(15)7-9)19-13-4-2-3-12(17)14(13)18/h2-8,19H,1H3. The van der Waals surface area contributed by atoms with Gasteiger partial charge in [0.15, 0.2) is 11.6 Å². The van der Waals surface area contributed by atoms with Crippen LogP contribution in [-0.2, 0) is 0 Å². The van der Waals surface area contributed by atoms with Crippen LogP contribution in [0.5, 0.6) is 0 Å². The first-order chi connectivity index (χ1) is 8.99. The highest BCUT2D eigenvalue weighted by Gasteiger charge is 2.12. The van der Waals surface area contributed by atoms with Crippen molar-refractivity contribution in [3.8, 4) is 0 Å². The molecule has 0 heterocycles. The predicted octanol–water partition coefficient (Wildman–Crippen LogP) is 4.93. The molecule has 1 nitrogen and oxygen atoms in total. The van der Waals surface area contributed by atoms with Crippen molar-refractivity contribution in [1.29, 1.82) is 0 Å². The van der Waals surface area contributed by atoms with Gasteiger partial charge in [-0.25, -0.2) is 13.2 Å². The van der Waals surface area contributed by atoms with E-state index >= 15 is 0 Å². The number of hydrogen-bond acceptors (Lipinski definition) is 1. The molecule has 2 aromatic carbocycles. The Morgan fingerprint density at radius 1 is 1.05 bits per heavy atom. The highest BCUT2D eigenvalue weighted by atomic mass is 35.5. The third-order valence-corrected chi connectivity index (χ3v) is 3.06. The Morgan fingerprint density at radius 2 is 1.79 bits per heavy atom. The Labute approximate surface area is 114 Å². The normalized spacial score (nSPS) is 12.3. The smallest absolute Gasteiger partial charge is 0.181 e. The third kappa shape index (κ3) is 3.01. The van der Waals surface area contributed by atoms with Crippen LogP contribution in [0.4, 0.5) is 18.9 Å². The third-order valence-electron chi connectivity index (χ3n) is 2.77. The minimum absolute atomic E-state index is 0.00846. The quantitative estimate of drug-likeness (QED) is 0.843. The lowest BCUT2D eigenvalue weighted by molar-refractivity contribution is 0.510. The number of benzene rings is 2. The first kappa shape index (κ1) is 13.7. The van der Waals surface area contributed by atoms with Crippen LogP contribution in [-0.4, -0.2) is 0 Å². The van der Waals surface area contributed by atoms with Gasteiger partial charge in [0, 0.05) is 6.04 Å². The summed E-state index contributed by atoms with van der Waals surface area (Å²) in [6.45, 7) is 1.74. The molecule has 0 saturated heterocycles. The highest BCUT2D eigenvalue weighted by molar-refractivity contribution is 6.30. The van der Waals surface area contributed by atoms with E-state index in [-0.39, 0.29) is 16.8 Å². The molecule has 0 aromatic heterocycles. The zero-order chi connectivity index (χ0) is 14.0. The van der Waals surface area contributed by atoms with Crippen LogP contribution in [0.2, 0.25) is 5.02 Å². The maximum atomic E-state index is 13.5. The summed E-state index contributed by atoms with van der Waals surface area (Å²) < 4.78 is 39.6. The number of rotatable bonds is 3. The van der Waals surface area contributed by atoms with Crippen LogP contribution in [0.15, 0.2) is 36.4 Å². The van der Waals surface area contributed by atoms with Gasteiger partial charge in [0.25, 0.3) is 0 Å². The summed E-state index contributed by atoms with van der Waals surface area (Å²) in [5.74, 6) is -2.38. The summed E-state index contributed by atoms with van der Waals surface area (Å²) in [5, 5.41) is 2.81. The lowest BCUT2D eigenvalue weighted by atomic mass is 10.1. The molecule has 0 aliphatic heterocycles. The maximum Gasteiger partial charge on any atom is 0.181 e. The molecule has 0 aliphatic rings. The fourth-order valence-corrected chi connectivity index (χ4v) is 1.90. The number of nitrogens with one attached hydrogen (secondary N) is 1. The lowest BCUT2D eigenvalue weighted by Gasteiger charge is -2.16. The van der Waals surface area contributed by atoms with Gasteiger partial charge in [0.05, 0.1) is 10.7 Å². The molecule has 0 spiro atoms. The molecule has 1 atom stereocenters. The van der Waals surface area contributed by atoms with Crippen LogP contribution < -0.4 is 5.32 Å². The van der Waals surface area contributed by atoms with Gasteiger partial charge < -0.3 is 5.32 Å². The molecule has 1 N–H and O–H groups in total. The van der Waals surface area contributed by atoms with E-state index in [1.807, 2.05) is 0 Å². The van der Waals surface area contributed by atoms with Gasteiger partial charge in [-0.2, -0.15) is 0 Å². The van der Waals surface area contributed by atoms with E-state index in [2.05, 4.69) is 5.32 Å². The van der Waals surface area contributed by atoms with Gasteiger partial charge in [-0.3, -0.25) is 0 Å². The number of halogens is 4. The summed E-state index contributed by atoms with van der Waals surface area (Å²) in [7, 11) is 0. The molecule has 0 amide bonds. The largest absolute Gasteiger partial charge is 0.376 e. The van der Waals surface area contributed by atoms with Gasteiger partial charge >= 0.3 is 0 Å². The average Bonchev–Trinajstić information content (AvgIpc) is 2.38. The van der Waals surface area contributed by atoms with Gasteiger partial charge in [-0.1, -0.05) is 23.7 Å². The van der Waals surface area contributed by atoms with E-state index in [4.69, 9.17) is 11.6 Å². The topological polar surface area (TPSA) is 12.0 Å². The molecule has 1 unspecified atom stereocenters. The summed E-state index contributed by atoms with van der Waals surface area (Å²) in [5.41, 5.74) is 0.725. The van der Waals surface area contributed by atoms with Gasteiger partial charge in [-0.05, 0) is 36.8 Å². The zero-order valence-electron chi connectivity index (χ0n) is 10.1. The van der Waals surface area contributed by atoms with Crippen molar-refractivity contribution in [2.24, 2.45) is 0 Å². The fraction of sp³-hybridized carbons (Fsp3) is 0.143. The van der Waals surface area contributed by atoms with Crippen molar-refractivity contribution in [3.63, 3.8) is 0 Å². The van der Waals surface area contributed by atoms with E-state index in [0.29, 0.717) is 5.56 Å². The van der Waals surface area contributed by atoms with Gasteiger partial charge in [-0.15, -0.1) is 0 Å². The summed E-state index contributed by atoms with van der Waals surface area (Å²) >= 11 is 5.68. The van der Waals surface area contributed by atoms with E-state index < -0.39 is 17.5 Å². The molecule has 0 aliphatic carbocycles. The molecule has 0 radical (unpaired) electrons. The molecular weight excluding hydrogens is 275 g/mol. The van der Waals surface area contributed by atoms with Crippen LogP contribution in [0.3, 0.4) is 0 Å². The summed E-state index contributed by atoms with van der Waals surface area (Å²) in [6.07, 6.45) is 0. The first-order valence-corrected chi connectivity index (χ1v) is 6.02. The Morgan fingerprint density at radius 3 is 2.47 bits per heavy atom. The van der Waals surface area contributed by atoms with Gasteiger partial charge in [0.1, 0.15) is 5.82 Å². The van der Waals surface area contributed by atoms with Gasteiger partial charge in [0.2, 0.25) is 0 Å². The first-order valence-electron chi connectivity index (χ1n) is 5.64. The molecule has 0 saturated carbocycles. The SMILES string of the molecule is CC(Nc1cccc(F)c1F)c1ccc(F)c(Cl)c1. The second kappa shape index (κ2) is 5.53. The number of hydrogen-bond donors (Lipinski definition) is 1. The van der Waals surface area contributed by atoms with Crippen molar-refractivity contribution in [3.05, 3.63) is 64.4 Å². The molecule has 5 heteroatoms. The average molecular weight is 286 g/mol. The van der Waals surface area contributed by atoms with Crippen LogP contribution >= 0.6 is 11.6 Å². The fourth-order valence-electron chi connectivity index (χ4n) is 1.71. The van der Waals surface area contributed by atoms with Crippen molar-refractivity contribution in [1.82, 2.24) is 0 Å². The molecule has 0 bridgehead atoms.